The number of hydrogen-bond acceptors (Lipinski definition) is 3. The van der Waals surface area contributed by atoms with Gasteiger partial charge in [-0.1, -0.05) is 0 Å². The van der Waals surface area contributed by atoms with Gasteiger partial charge < -0.3 is 14.6 Å². The van der Waals surface area contributed by atoms with Gasteiger partial charge in [-0.25, -0.2) is 4.98 Å². The molecule has 0 amide bonds. The highest BCUT2D eigenvalue weighted by atomic mass is 16.5. The molecule has 0 unspecified atom stereocenters. The van der Waals surface area contributed by atoms with Crippen LogP contribution in [0.2, 0.25) is 0 Å². The SMILES string of the molecule is CNCc1cn2c(n1)COCC2. The number of aromatic nitrogens is 2. The van der Waals surface area contributed by atoms with Crippen LogP contribution in [0.1, 0.15) is 11.5 Å². The maximum Gasteiger partial charge on any atom is 0.135 e. The number of nitrogens with one attached hydrogen (secondary N) is 1. The van der Waals surface area contributed by atoms with E-state index in [0.29, 0.717) is 6.61 Å². The van der Waals surface area contributed by atoms with Gasteiger partial charge >= 0.3 is 0 Å². The molecule has 1 aromatic rings. The number of rotatable bonds is 2. The third-order valence-corrected chi connectivity index (χ3v) is 1.97. The molecule has 0 saturated heterocycles. The van der Waals surface area contributed by atoms with E-state index in [1.165, 1.54) is 0 Å². The van der Waals surface area contributed by atoms with Crippen LogP contribution in [0.4, 0.5) is 0 Å². The minimum Gasteiger partial charge on any atom is -0.372 e. The van der Waals surface area contributed by atoms with Crippen LogP contribution in [0.3, 0.4) is 0 Å². The molecule has 1 aromatic heterocycles. The predicted molar refractivity (Wildman–Crippen MR) is 44.6 cm³/mol. The standard InChI is InChI=1S/C8H13N3O/c1-9-4-7-5-11-2-3-12-6-8(11)10-7/h5,9H,2-4,6H2,1H3. The van der Waals surface area contributed by atoms with Gasteiger partial charge in [0.05, 0.1) is 12.3 Å². The van der Waals surface area contributed by atoms with Gasteiger partial charge in [-0.2, -0.15) is 0 Å². The highest BCUT2D eigenvalue weighted by molar-refractivity contribution is 5.04. The number of hydrogen-bond donors (Lipinski definition) is 1. The Kier molecular flexibility index (Phi) is 2.10. The first-order valence-corrected chi connectivity index (χ1v) is 4.17. The molecule has 0 aromatic carbocycles. The summed E-state index contributed by atoms with van der Waals surface area (Å²) in [5.74, 6) is 1.05. The van der Waals surface area contributed by atoms with E-state index in [1.807, 2.05) is 7.05 Å². The summed E-state index contributed by atoms with van der Waals surface area (Å²) in [7, 11) is 1.93. The lowest BCUT2D eigenvalue weighted by Gasteiger charge is -2.13. The number of nitrogens with zero attached hydrogens (tertiary/aromatic N) is 2. The van der Waals surface area contributed by atoms with Crippen molar-refractivity contribution in [3.8, 4) is 0 Å². The van der Waals surface area contributed by atoms with E-state index in [2.05, 4.69) is 21.1 Å². The highest BCUT2D eigenvalue weighted by Gasteiger charge is 2.11. The van der Waals surface area contributed by atoms with Crippen molar-refractivity contribution >= 4 is 0 Å². The molecule has 66 valence electrons. The Labute approximate surface area is 71.6 Å². The second-order valence-electron chi connectivity index (χ2n) is 2.92. The maximum absolute atomic E-state index is 5.28. The fourth-order valence-corrected chi connectivity index (χ4v) is 1.41. The van der Waals surface area contributed by atoms with Crippen LogP contribution < -0.4 is 5.32 Å². The topological polar surface area (TPSA) is 39.1 Å². The van der Waals surface area contributed by atoms with Gasteiger partial charge in [0.2, 0.25) is 0 Å². The molecular weight excluding hydrogens is 154 g/mol. The molecule has 0 atom stereocenters. The molecule has 0 aliphatic carbocycles. The first-order valence-electron chi connectivity index (χ1n) is 4.17. The van der Waals surface area contributed by atoms with Gasteiger partial charge in [0.15, 0.2) is 0 Å². The molecule has 0 spiro atoms. The summed E-state index contributed by atoms with van der Waals surface area (Å²) in [6, 6.07) is 0. The van der Waals surface area contributed by atoms with Crippen molar-refractivity contribution in [2.75, 3.05) is 13.7 Å². The lowest BCUT2D eigenvalue weighted by molar-refractivity contribution is 0.0816. The highest BCUT2D eigenvalue weighted by Crippen LogP contribution is 2.09. The fraction of sp³-hybridized carbons (Fsp3) is 0.625. The van der Waals surface area contributed by atoms with Gasteiger partial charge in [-0.3, -0.25) is 0 Å². The molecule has 0 radical (unpaired) electrons. The molecule has 2 rings (SSSR count). The van der Waals surface area contributed by atoms with Crippen LogP contribution in [-0.4, -0.2) is 23.2 Å². The molecule has 4 heteroatoms. The van der Waals surface area contributed by atoms with Crippen molar-refractivity contribution in [2.45, 2.75) is 19.7 Å². The second-order valence-corrected chi connectivity index (χ2v) is 2.92. The zero-order chi connectivity index (χ0) is 8.39. The van der Waals surface area contributed by atoms with E-state index < -0.39 is 0 Å². The lowest BCUT2D eigenvalue weighted by Crippen LogP contribution is -2.15. The summed E-state index contributed by atoms with van der Waals surface area (Å²) in [6.07, 6.45) is 2.09. The van der Waals surface area contributed by atoms with E-state index in [-0.39, 0.29) is 0 Å². The van der Waals surface area contributed by atoms with Crippen molar-refractivity contribution in [2.24, 2.45) is 0 Å². The molecule has 0 fully saturated rings. The summed E-state index contributed by atoms with van der Waals surface area (Å²) in [4.78, 5) is 4.42. The maximum atomic E-state index is 5.28. The normalized spacial score (nSPS) is 16.1. The Morgan fingerprint density at radius 1 is 1.75 bits per heavy atom. The van der Waals surface area contributed by atoms with Crippen LogP contribution in [0.15, 0.2) is 6.20 Å². The van der Waals surface area contributed by atoms with E-state index in [9.17, 15) is 0 Å². The molecule has 1 N–H and O–H groups in total. The summed E-state index contributed by atoms with van der Waals surface area (Å²) < 4.78 is 7.45. The Hall–Kier alpha value is -0.870. The zero-order valence-electron chi connectivity index (χ0n) is 7.21. The quantitative estimate of drug-likeness (QED) is 0.680. The second kappa shape index (κ2) is 3.25. The molecule has 1 aliphatic rings. The van der Waals surface area contributed by atoms with Crippen molar-refractivity contribution in [1.82, 2.24) is 14.9 Å². The van der Waals surface area contributed by atoms with Crippen LogP contribution in [0, 0.1) is 0 Å². The Bertz CT molecular complexity index is 246. The van der Waals surface area contributed by atoms with E-state index in [4.69, 9.17) is 4.74 Å². The van der Waals surface area contributed by atoms with Crippen LogP contribution in [-0.2, 0) is 24.4 Å². The summed E-state index contributed by atoms with van der Waals surface area (Å²) in [5.41, 5.74) is 1.10. The van der Waals surface area contributed by atoms with Crippen molar-refractivity contribution in [1.29, 1.82) is 0 Å². The van der Waals surface area contributed by atoms with E-state index in [1.54, 1.807) is 0 Å². The Morgan fingerprint density at radius 3 is 3.42 bits per heavy atom. The minimum atomic E-state index is 0.656. The van der Waals surface area contributed by atoms with Gasteiger partial charge in [-0.15, -0.1) is 0 Å². The monoisotopic (exact) mass is 167 g/mol. The molecule has 1 aliphatic heterocycles. The van der Waals surface area contributed by atoms with Crippen molar-refractivity contribution < 1.29 is 4.74 Å². The molecule has 2 heterocycles. The minimum absolute atomic E-state index is 0.656. The third kappa shape index (κ3) is 1.35. The molecular formula is C8H13N3O. The first kappa shape index (κ1) is 7.76. The van der Waals surface area contributed by atoms with Crippen LogP contribution in [0.5, 0.6) is 0 Å². The zero-order valence-corrected chi connectivity index (χ0v) is 7.21. The summed E-state index contributed by atoms with van der Waals surface area (Å²) >= 11 is 0. The number of imidazole rings is 1. The molecule has 12 heavy (non-hydrogen) atoms. The Balaban J connectivity index is 2.20. The van der Waals surface area contributed by atoms with Gasteiger partial charge in [0.25, 0.3) is 0 Å². The lowest BCUT2D eigenvalue weighted by atomic mass is 10.5. The van der Waals surface area contributed by atoms with Gasteiger partial charge in [0, 0.05) is 19.3 Å². The van der Waals surface area contributed by atoms with E-state index in [0.717, 1.165) is 31.2 Å². The van der Waals surface area contributed by atoms with Gasteiger partial charge in [0.1, 0.15) is 12.4 Å². The van der Waals surface area contributed by atoms with Crippen LogP contribution >= 0.6 is 0 Å². The number of fused-ring (bicyclic) bond motifs is 1. The Morgan fingerprint density at radius 2 is 2.67 bits per heavy atom. The molecule has 0 bridgehead atoms. The largest absolute Gasteiger partial charge is 0.372 e. The number of ether oxygens (including phenoxy) is 1. The summed E-state index contributed by atoms with van der Waals surface area (Å²) in [6.45, 7) is 3.23. The average molecular weight is 167 g/mol. The smallest absolute Gasteiger partial charge is 0.135 e. The third-order valence-electron chi connectivity index (χ3n) is 1.97. The van der Waals surface area contributed by atoms with E-state index >= 15 is 0 Å². The molecule has 4 nitrogen and oxygen atoms in total. The van der Waals surface area contributed by atoms with Crippen molar-refractivity contribution in [3.63, 3.8) is 0 Å². The van der Waals surface area contributed by atoms with Gasteiger partial charge in [-0.05, 0) is 7.05 Å². The van der Waals surface area contributed by atoms with Crippen molar-refractivity contribution in [3.05, 3.63) is 17.7 Å². The fourth-order valence-electron chi connectivity index (χ4n) is 1.41. The first-order chi connectivity index (χ1) is 5.90. The predicted octanol–water partition coefficient (Wildman–Crippen LogP) is 0.133. The molecule has 0 saturated carbocycles. The van der Waals surface area contributed by atoms with Crippen LogP contribution in [0.25, 0.3) is 0 Å². The average Bonchev–Trinajstić information content (AvgIpc) is 2.47. The summed E-state index contributed by atoms with van der Waals surface area (Å²) in [5, 5.41) is 3.08.